The summed E-state index contributed by atoms with van der Waals surface area (Å²) < 4.78 is 2.14. The fourth-order valence-corrected chi connectivity index (χ4v) is 2.95. The molecule has 2 N–H and O–H groups in total. The van der Waals surface area contributed by atoms with Crippen LogP contribution in [0.2, 0.25) is 5.02 Å². The van der Waals surface area contributed by atoms with Crippen molar-refractivity contribution < 1.29 is 0 Å². The molecule has 5 nitrogen and oxygen atoms in total. The van der Waals surface area contributed by atoms with Gasteiger partial charge in [0.05, 0.1) is 12.6 Å². The lowest BCUT2D eigenvalue weighted by molar-refractivity contribution is 0.658. The van der Waals surface area contributed by atoms with E-state index < -0.39 is 0 Å². The maximum absolute atomic E-state index is 5.96. The third-order valence-electron chi connectivity index (χ3n) is 4.36. The SMILES string of the molecule is CN=C(NCc1nccn1Cc1ccccc1)NC(C)c1ccc(Cl)cc1. The van der Waals surface area contributed by atoms with Crippen LogP contribution in [-0.2, 0) is 13.1 Å². The first-order chi connectivity index (χ1) is 13.2. The molecule has 1 aromatic heterocycles. The molecule has 27 heavy (non-hydrogen) atoms. The van der Waals surface area contributed by atoms with Gasteiger partial charge in [-0.3, -0.25) is 4.99 Å². The molecule has 0 aliphatic heterocycles. The molecule has 1 heterocycles. The van der Waals surface area contributed by atoms with Crippen molar-refractivity contribution in [2.24, 2.45) is 4.99 Å². The van der Waals surface area contributed by atoms with Gasteiger partial charge in [-0.25, -0.2) is 4.98 Å². The summed E-state index contributed by atoms with van der Waals surface area (Å²) >= 11 is 5.96. The van der Waals surface area contributed by atoms with Crippen LogP contribution in [0.3, 0.4) is 0 Å². The molecule has 0 aliphatic rings. The van der Waals surface area contributed by atoms with Gasteiger partial charge in [0.1, 0.15) is 5.82 Å². The lowest BCUT2D eigenvalue weighted by atomic mass is 10.1. The van der Waals surface area contributed by atoms with E-state index in [1.807, 2.05) is 54.9 Å². The zero-order valence-corrected chi connectivity index (χ0v) is 16.3. The average Bonchev–Trinajstić information content (AvgIpc) is 3.13. The molecule has 0 bridgehead atoms. The second-order valence-electron chi connectivity index (χ2n) is 6.30. The zero-order valence-electron chi connectivity index (χ0n) is 15.6. The molecule has 2 aromatic carbocycles. The van der Waals surface area contributed by atoms with E-state index in [1.165, 1.54) is 5.56 Å². The van der Waals surface area contributed by atoms with Crippen LogP contribution in [0.5, 0.6) is 0 Å². The van der Waals surface area contributed by atoms with Crippen LogP contribution in [0, 0.1) is 0 Å². The van der Waals surface area contributed by atoms with Crippen LogP contribution < -0.4 is 10.6 Å². The molecule has 0 amide bonds. The Labute approximate surface area is 165 Å². The number of hydrogen-bond acceptors (Lipinski definition) is 2. The highest BCUT2D eigenvalue weighted by Gasteiger charge is 2.09. The van der Waals surface area contributed by atoms with E-state index in [9.17, 15) is 0 Å². The largest absolute Gasteiger partial charge is 0.350 e. The molecule has 0 spiro atoms. The quantitative estimate of drug-likeness (QED) is 0.501. The summed E-state index contributed by atoms with van der Waals surface area (Å²) in [5.74, 6) is 1.69. The number of nitrogens with zero attached hydrogens (tertiary/aromatic N) is 3. The Morgan fingerprint density at radius 2 is 1.89 bits per heavy atom. The van der Waals surface area contributed by atoms with Gasteiger partial charge in [0.2, 0.25) is 0 Å². The van der Waals surface area contributed by atoms with Gasteiger partial charge in [-0.1, -0.05) is 54.1 Å². The highest BCUT2D eigenvalue weighted by atomic mass is 35.5. The molecule has 0 saturated carbocycles. The van der Waals surface area contributed by atoms with Crippen molar-refractivity contribution in [1.29, 1.82) is 0 Å². The maximum Gasteiger partial charge on any atom is 0.191 e. The monoisotopic (exact) mass is 381 g/mol. The smallest absolute Gasteiger partial charge is 0.191 e. The van der Waals surface area contributed by atoms with E-state index in [-0.39, 0.29) is 6.04 Å². The van der Waals surface area contributed by atoms with Crippen molar-refractivity contribution in [3.63, 3.8) is 0 Å². The Morgan fingerprint density at radius 1 is 1.15 bits per heavy atom. The van der Waals surface area contributed by atoms with Crippen LogP contribution in [0.4, 0.5) is 0 Å². The van der Waals surface area contributed by atoms with E-state index in [0.29, 0.717) is 6.54 Å². The van der Waals surface area contributed by atoms with Gasteiger partial charge in [-0.05, 0) is 30.2 Å². The molecular formula is C21H24ClN5. The number of nitrogens with one attached hydrogen (secondary N) is 2. The molecule has 140 valence electrons. The molecule has 3 aromatic rings. The third-order valence-corrected chi connectivity index (χ3v) is 4.61. The lowest BCUT2D eigenvalue weighted by Gasteiger charge is -2.18. The third kappa shape index (κ3) is 5.34. The number of benzene rings is 2. The summed E-state index contributed by atoms with van der Waals surface area (Å²) in [7, 11) is 1.76. The van der Waals surface area contributed by atoms with Gasteiger partial charge in [0.25, 0.3) is 0 Å². The van der Waals surface area contributed by atoms with Crippen molar-refractivity contribution in [3.8, 4) is 0 Å². The van der Waals surface area contributed by atoms with E-state index >= 15 is 0 Å². The van der Waals surface area contributed by atoms with Gasteiger partial charge < -0.3 is 15.2 Å². The first-order valence-corrected chi connectivity index (χ1v) is 9.30. The van der Waals surface area contributed by atoms with Crippen LogP contribution in [0.1, 0.15) is 29.9 Å². The van der Waals surface area contributed by atoms with Gasteiger partial charge in [0.15, 0.2) is 5.96 Å². The highest BCUT2D eigenvalue weighted by molar-refractivity contribution is 6.30. The van der Waals surface area contributed by atoms with E-state index in [2.05, 4.69) is 44.2 Å². The van der Waals surface area contributed by atoms with Crippen LogP contribution in [0.25, 0.3) is 0 Å². The van der Waals surface area contributed by atoms with Crippen molar-refractivity contribution >= 4 is 17.6 Å². The summed E-state index contributed by atoms with van der Waals surface area (Å²) in [6, 6.07) is 18.3. The molecule has 0 saturated heterocycles. The van der Waals surface area contributed by atoms with Crippen molar-refractivity contribution in [2.75, 3.05) is 7.05 Å². The molecule has 0 aliphatic carbocycles. The number of imidazole rings is 1. The van der Waals surface area contributed by atoms with Gasteiger partial charge >= 0.3 is 0 Å². The highest BCUT2D eigenvalue weighted by Crippen LogP contribution is 2.15. The number of aromatic nitrogens is 2. The fraction of sp³-hybridized carbons (Fsp3) is 0.238. The molecular weight excluding hydrogens is 358 g/mol. The normalized spacial score (nSPS) is 12.6. The summed E-state index contributed by atoms with van der Waals surface area (Å²) in [5, 5.41) is 7.47. The molecule has 0 fully saturated rings. The van der Waals surface area contributed by atoms with E-state index in [1.54, 1.807) is 7.05 Å². The Balaban J connectivity index is 1.58. The molecule has 0 radical (unpaired) electrons. The summed E-state index contributed by atoms with van der Waals surface area (Å²) in [6.45, 7) is 3.48. The minimum atomic E-state index is 0.109. The van der Waals surface area contributed by atoms with Crippen molar-refractivity contribution in [2.45, 2.75) is 26.1 Å². The van der Waals surface area contributed by atoms with Crippen LogP contribution in [-0.4, -0.2) is 22.6 Å². The Kier molecular flexibility index (Phi) is 6.49. The molecule has 6 heteroatoms. The van der Waals surface area contributed by atoms with Gasteiger partial charge in [-0.2, -0.15) is 0 Å². The van der Waals surface area contributed by atoms with Crippen molar-refractivity contribution in [1.82, 2.24) is 20.2 Å². The molecule has 1 unspecified atom stereocenters. The first kappa shape index (κ1) is 19.0. The number of guanidine groups is 1. The lowest BCUT2D eigenvalue weighted by Crippen LogP contribution is -2.38. The Bertz CT molecular complexity index is 871. The summed E-state index contributed by atoms with van der Waals surface area (Å²) in [6.07, 6.45) is 3.82. The standard InChI is InChI=1S/C21H24ClN5/c1-16(18-8-10-19(22)11-9-18)26-21(23-2)25-14-20-24-12-13-27(20)15-17-6-4-3-5-7-17/h3-13,16H,14-15H2,1-2H3,(H2,23,25,26). The van der Waals surface area contributed by atoms with Gasteiger partial charge in [0, 0.05) is 31.0 Å². The van der Waals surface area contributed by atoms with Crippen LogP contribution in [0.15, 0.2) is 72.0 Å². The predicted molar refractivity (Wildman–Crippen MR) is 111 cm³/mol. The van der Waals surface area contributed by atoms with Gasteiger partial charge in [-0.15, -0.1) is 0 Å². The Morgan fingerprint density at radius 3 is 2.59 bits per heavy atom. The topological polar surface area (TPSA) is 54.2 Å². The van der Waals surface area contributed by atoms with Crippen molar-refractivity contribution in [3.05, 3.63) is 89.0 Å². The molecule has 1 atom stereocenters. The Hall–Kier alpha value is -2.79. The number of aliphatic imine (C=N–C) groups is 1. The molecule has 3 rings (SSSR count). The first-order valence-electron chi connectivity index (χ1n) is 8.92. The number of rotatable bonds is 6. The summed E-state index contributed by atoms with van der Waals surface area (Å²) in [5.41, 5.74) is 2.39. The number of hydrogen-bond donors (Lipinski definition) is 2. The zero-order chi connectivity index (χ0) is 19.1. The fourth-order valence-electron chi connectivity index (χ4n) is 2.83. The maximum atomic E-state index is 5.96. The van der Waals surface area contributed by atoms with Crippen LogP contribution >= 0.6 is 11.6 Å². The second kappa shape index (κ2) is 9.24. The second-order valence-corrected chi connectivity index (χ2v) is 6.74. The number of halogens is 1. The van der Waals surface area contributed by atoms with E-state index in [4.69, 9.17) is 11.6 Å². The summed E-state index contributed by atoms with van der Waals surface area (Å²) in [4.78, 5) is 8.78. The minimum Gasteiger partial charge on any atom is -0.350 e. The predicted octanol–water partition coefficient (Wildman–Crippen LogP) is 4.01. The van der Waals surface area contributed by atoms with E-state index in [0.717, 1.165) is 28.9 Å². The average molecular weight is 382 g/mol. The minimum absolute atomic E-state index is 0.109.